The highest BCUT2D eigenvalue weighted by Crippen LogP contribution is 2.27. The summed E-state index contributed by atoms with van der Waals surface area (Å²) in [6, 6.07) is 6.15. The summed E-state index contributed by atoms with van der Waals surface area (Å²) in [7, 11) is 0. The second-order valence-electron chi connectivity index (χ2n) is 5.56. The van der Waals surface area contributed by atoms with Crippen LogP contribution in [0.25, 0.3) is 0 Å². The molecule has 2 atom stereocenters. The summed E-state index contributed by atoms with van der Waals surface area (Å²) >= 11 is 0. The molecule has 114 valence electrons. The maximum absolute atomic E-state index is 13.5. The summed E-state index contributed by atoms with van der Waals surface area (Å²) in [4.78, 5) is 28.9. The fourth-order valence-electron chi connectivity index (χ4n) is 2.84. The van der Waals surface area contributed by atoms with Gasteiger partial charge in [-0.25, -0.2) is 4.39 Å². The van der Waals surface area contributed by atoms with Crippen molar-refractivity contribution in [3.05, 3.63) is 47.3 Å². The van der Waals surface area contributed by atoms with E-state index in [9.17, 15) is 14.0 Å². The molecule has 2 aliphatic rings. The largest absolute Gasteiger partial charge is 0.351 e. The summed E-state index contributed by atoms with van der Waals surface area (Å²) in [5.74, 6) is -1.87. The Labute approximate surface area is 128 Å². The molecule has 1 aliphatic carbocycles. The average molecular weight is 300 g/mol. The number of benzene rings is 1. The number of Topliss-reactive ketones (excluding diaryl/α,β-unsaturated/α-hetero) is 1. The Morgan fingerprint density at radius 3 is 3.00 bits per heavy atom. The number of aliphatic imine (C=N–C) groups is 1. The van der Waals surface area contributed by atoms with E-state index in [0.717, 1.165) is 19.3 Å². The summed E-state index contributed by atoms with van der Waals surface area (Å²) in [6.45, 7) is 0.0611. The lowest BCUT2D eigenvalue weighted by molar-refractivity contribution is -0.129. The predicted molar refractivity (Wildman–Crippen MR) is 81.0 cm³/mol. The van der Waals surface area contributed by atoms with Gasteiger partial charge >= 0.3 is 0 Å². The van der Waals surface area contributed by atoms with Gasteiger partial charge in [-0.05, 0) is 25.3 Å². The van der Waals surface area contributed by atoms with Gasteiger partial charge in [0.05, 0.1) is 6.04 Å². The lowest BCUT2D eigenvalue weighted by atomic mass is 9.84. The van der Waals surface area contributed by atoms with Crippen LogP contribution >= 0.6 is 0 Å². The van der Waals surface area contributed by atoms with Crippen molar-refractivity contribution in [3.63, 3.8) is 0 Å². The zero-order chi connectivity index (χ0) is 15.5. The SMILES string of the molecule is O=C(NCc1ccccc1F)C1C=NC2CCCC=C2C1=O. The molecule has 0 saturated heterocycles. The summed E-state index contributed by atoms with van der Waals surface area (Å²) in [6.07, 6.45) is 6.06. The quantitative estimate of drug-likeness (QED) is 0.870. The number of nitrogens with zero attached hydrogens (tertiary/aromatic N) is 1. The van der Waals surface area contributed by atoms with Gasteiger partial charge in [-0.1, -0.05) is 24.3 Å². The van der Waals surface area contributed by atoms with Crippen molar-refractivity contribution in [2.45, 2.75) is 31.8 Å². The van der Waals surface area contributed by atoms with E-state index in [0.29, 0.717) is 11.1 Å². The van der Waals surface area contributed by atoms with Gasteiger partial charge in [0.15, 0.2) is 5.78 Å². The van der Waals surface area contributed by atoms with E-state index in [4.69, 9.17) is 0 Å². The fraction of sp³-hybridized carbons (Fsp3) is 0.353. The van der Waals surface area contributed by atoms with Crippen LogP contribution in [0.5, 0.6) is 0 Å². The number of amides is 1. The van der Waals surface area contributed by atoms with Gasteiger partial charge in [0.1, 0.15) is 11.7 Å². The molecule has 0 radical (unpaired) electrons. The Kier molecular flexibility index (Phi) is 4.13. The van der Waals surface area contributed by atoms with Crippen molar-refractivity contribution in [2.24, 2.45) is 10.9 Å². The number of ketones is 1. The van der Waals surface area contributed by atoms with E-state index >= 15 is 0 Å². The normalized spacial score (nSPS) is 23.7. The van der Waals surface area contributed by atoms with Crippen LogP contribution in [-0.2, 0) is 16.1 Å². The van der Waals surface area contributed by atoms with Crippen LogP contribution in [0.3, 0.4) is 0 Å². The maximum atomic E-state index is 13.5. The van der Waals surface area contributed by atoms with Crippen molar-refractivity contribution in [3.8, 4) is 0 Å². The molecule has 0 saturated carbocycles. The molecule has 4 nitrogen and oxygen atoms in total. The zero-order valence-corrected chi connectivity index (χ0v) is 12.1. The molecule has 0 bridgehead atoms. The van der Waals surface area contributed by atoms with E-state index < -0.39 is 11.8 Å². The summed E-state index contributed by atoms with van der Waals surface area (Å²) < 4.78 is 13.5. The monoisotopic (exact) mass is 300 g/mol. The number of nitrogens with one attached hydrogen (secondary N) is 1. The minimum atomic E-state index is -0.896. The molecule has 0 fully saturated rings. The third-order valence-corrected chi connectivity index (χ3v) is 4.08. The van der Waals surface area contributed by atoms with Gasteiger partial charge < -0.3 is 5.32 Å². The summed E-state index contributed by atoms with van der Waals surface area (Å²) in [5.41, 5.74) is 1.05. The maximum Gasteiger partial charge on any atom is 0.236 e. The molecule has 1 aliphatic heterocycles. The molecule has 5 heteroatoms. The van der Waals surface area contributed by atoms with Crippen LogP contribution in [0.15, 0.2) is 40.9 Å². The van der Waals surface area contributed by atoms with Gasteiger partial charge in [-0.2, -0.15) is 0 Å². The number of hydrogen-bond donors (Lipinski definition) is 1. The number of hydrogen-bond acceptors (Lipinski definition) is 3. The van der Waals surface area contributed by atoms with Crippen molar-refractivity contribution < 1.29 is 14.0 Å². The molecular weight excluding hydrogens is 283 g/mol. The molecule has 1 N–H and O–H groups in total. The van der Waals surface area contributed by atoms with Gasteiger partial charge in [0.2, 0.25) is 5.91 Å². The van der Waals surface area contributed by atoms with Crippen LogP contribution in [0.4, 0.5) is 4.39 Å². The van der Waals surface area contributed by atoms with Crippen LogP contribution < -0.4 is 5.32 Å². The number of allylic oxidation sites excluding steroid dienone is 1. The minimum Gasteiger partial charge on any atom is -0.351 e. The molecule has 1 amide bonds. The van der Waals surface area contributed by atoms with Crippen LogP contribution in [0, 0.1) is 11.7 Å². The lowest BCUT2D eigenvalue weighted by Gasteiger charge is -2.26. The third kappa shape index (κ3) is 2.84. The molecule has 0 aromatic heterocycles. The van der Waals surface area contributed by atoms with E-state index in [2.05, 4.69) is 10.3 Å². The van der Waals surface area contributed by atoms with Gasteiger partial charge in [-0.15, -0.1) is 0 Å². The Hall–Kier alpha value is -2.30. The first kappa shape index (κ1) is 14.6. The van der Waals surface area contributed by atoms with Crippen LogP contribution in [0.1, 0.15) is 24.8 Å². The van der Waals surface area contributed by atoms with E-state index in [-0.39, 0.29) is 24.2 Å². The first-order chi connectivity index (χ1) is 10.7. The first-order valence-electron chi connectivity index (χ1n) is 7.45. The highest BCUT2D eigenvalue weighted by atomic mass is 19.1. The van der Waals surface area contributed by atoms with Crippen LogP contribution in [-0.4, -0.2) is 23.9 Å². The minimum absolute atomic E-state index is 0.0611. The standard InChI is InChI=1S/C17H17FN2O2/c18-14-7-3-1-5-11(14)9-20-17(22)13-10-19-15-8-4-2-6-12(15)16(13)21/h1,3,5-7,10,13,15H,2,4,8-9H2,(H,20,22). The zero-order valence-electron chi connectivity index (χ0n) is 12.1. The Morgan fingerprint density at radius 2 is 2.18 bits per heavy atom. The molecule has 0 spiro atoms. The fourth-order valence-corrected chi connectivity index (χ4v) is 2.84. The van der Waals surface area contributed by atoms with E-state index in [1.54, 1.807) is 18.2 Å². The molecule has 1 aromatic rings. The molecule has 1 heterocycles. The lowest BCUT2D eigenvalue weighted by Crippen LogP contribution is -2.41. The number of halogens is 1. The van der Waals surface area contributed by atoms with E-state index in [1.807, 2.05) is 6.08 Å². The number of rotatable bonds is 3. The smallest absolute Gasteiger partial charge is 0.236 e. The highest BCUT2D eigenvalue weighted by Gasteiger charge is 2.35. The number of carbonyl (C=O) groups is 2. The van der Waals surface area contributed by atoms with Gasteiger partial charge in [0, 0.05) is 23.9 Å². The van der Waals surface area contributed by atoms with Crippen molar-refractivity contribution in [1.82, 2.24) is 5.32 Å². The Bertz CT molecular complexity index is 666. The topological polar surface area (TPSA) is 58.5 Å². The van der Waals surface area contributed by atoms with Crippen LogP contribution in [0.2, 0.25) is 0 Å². The first-order valence-corrected chi connectivity index (χ1v) is 7.45. The summed E-state index contributed by atoms with van der Waals surface area (Å²) in [5, 5.41) is 2.62. The molecule has 3 rings (SSSR count). The molecule has 2 unspecified atom stereocenters. The van der Waals surface area contributed by atoms with Gasteiger partial charge in [0.25, 0.3) is 0 Å². The van der Waals surface area contributed by atoms with Gasteiger partial charge in [-0.3, -0.25) is 14.6 Å². The second-order valence-corrected chi connectivity index (χ2v) is 5.56. The van der Waals surface area contributed by atoms with E-state index in [1.165, 1.54) is 12.3 Å². The Morgan fingerprint density at radius 1 is 1.36 bits per heavy atom. The predicted octanol–water partition coefficient (Wildman–Crippen LogP) is 2.19. The van der Waals surface area contributed by atoms with Crippen molar-refractivity contribution in [2.75, 3.05) is 0 Å². The second kappa shape index (κ2) is 6.22. The molecular formula is C17H17FN2O2. The Balaban J connectivity index is 1.68. The number of fused-ring (bicyclic) bond motifs is 1. The molecule has 1 aromatic carbocycles. The number of carbonyl (C=O) groups excluding carboxylic acids is 2. The van der Waals surface area contributed by atoms with Crippen molar-refractivity contribution in [1.29, 1.82) is 0 Å². The average Bonchev–Trinajstić information content (AvgIpc) is 2.54. The molecule has 22 heavy (non-hydrogen) atoms. The third-order valence-electron chi connectivity index (χ3n) is 4.08. The highest BCUT2D eigenvalue weighted by molar-refractivity contribution is 6.21. The van der Waals surface area contributed by atoms with Crippen molar-refractivity contribution >= 4 is 17.9 Å².